The number of benzene rings is 1. The summed E-state index contributed by atoms with van der Waals surface area (Å²) in [5, 5.41) is 8.44. The minimum atomic E-state index is -0.555. The van der Waals surface area contributed by atoms with Crippen LogP contribution in [0.5, 0.6) is 0 Å². The summed E-state index contributed by atoms with van der Waals surface area (Å²) < 4.78 is 3.09. The molecule has 0 fully saturated rings. The Labute approximate surface area is 207 Å². The van der Waals surface area contributed by atoms with Crippen molar-refractivity contribution in [3.05, 3.63) is 93.1 Å². The molecule has 0 saturated carbocycles. The Morgan fingerprint density at radius 1 is 1.14 bits per heavy atom. The standard InChI is InChI=1S/C26H26ClN5O3/c1-3-31-12-10-23(30-31)17(2)13-21(33)16-32-24-19(5-4-11-28-24)14-22(26(32)35)25(34)29-15-18-6-8-20(27)9-7-18/h4-12,14,17H,3,13,15-16H2,1-2H3,(H,29,34). The van der Waals surface area contributed by atoms with Crippen molar-refractivity contribution in [3.8, 4) is 0 Å². The molecule has 180 valence electrons. The van der Waals surface area contributed by atoms with Gasteiger partial charge in [-0.05, 0) is 48.9 Å². The molecular weight excluding hydrogens is 466 g/mol. The van der Waals surface area contributed by atoms with Gasteiger partial charge in [0.15, 0.2) is 5.78 Å². The van der Waals surface area contributed by atoms with Gasteiger partial charge in [0.05, 0.1) is 12.2 Å². The number of fused-ring (bicyclic) bond motifs is 1. The molecule has 3 heterocycles. The van der Waals surface area contributed by atoms with Gasteiger partial charge in [-0.3, -0.25) is 23.6 Å². The summed E-state index contributed by atoms with van der Waals surface area (Å²) in [6.07, 6.45) is 3.65. The summed E-state index contributed by atoms with van der Waals surface area (Å²) in [5.41, 5.74) is 1.44. The summed E-state index contributed by atoms with van der Waals surface area (Å²) in [5.74, 6) is -0.761. The van der Waals surface area contributed by atoms with Crippen molar-refractivity contribution in [1.29, 1.82) is 0 Å². The minimum absolute atomic E-state index is 0.0398. The van der Waals surface area contributed by atoms with Gasteiger partial charge in [-0.25, -0.2) is 4.98 Å². The van der Waals surface area contributed by atoms with E-state index in [1.807, 2.05) is 30.8 Å². The highest BCUT2D eigenvalue weighted by molar-refractivity contribution is 6.30. The van der Waals surface area contributed by atoms with E-state index in [1.54, 1.807) is 42.6 Å². The fraction of sp³-hybridized carbons (Fsp3) is 0.269. The molecule has 0 spiro atoms. The highest BCUT2D eigenvalue weighted by Gasteiger charge is 2.20. The third-order valence-corrected chi connectivity index (χ3v) is 6.07. The molecule has 0 aliphatic carbocycles. The van der Waals surface area contributed by atoms with Crippen molar-refractivity contribution in [2.45, 2.75) is 45.8 Å². The summed E-state index contributed by atoms with van der Waals surface area (Å²) >= 11 is 5.91. The number of aryl methyl sites for hydroxylation is 1. The first-order chi connectivity index (χ1) is 16.9. The zero-order valence-corrected chi connectivity index (χ0v) is 20.3. The van der Waals surface area contributed by atoms with Gasteiger partial charge < -0.3 is 5.32 Å². The van der Waals surface area contributed by atoms with Crippen molar-refractivity contribution < 1.29 is 9.59 Å². The number of nitrogens with zero attached hydrogens (tertiary/aromatic N) is 4. The lowest BCUT2D eigenvalue weighted by atomic mass is 10.0. The molecule has 1 aromatic carbocycles. The van der Waals surface area contributed by atoms with Crippen LogP contribution in [0.4, 0.5) is 0 Å². The zero-order valence-electron chi connectivity index (χ0n) is 19.6. The van der Waals surface area contributed by atoms with Crippen LogP contribution in [0.15, 0.2) is 65.7 Å². The minimum Gasteiger partial charge on any atom is -0.348 e. The Morgan fingerprint density at radius 2 is 1.91 bits per heavy atom. The highest BCUT2D eigenvalue weighted by Crippen LogP contribution is 2.18. The second-order valence-corrected chi connectivity index (χ2v) is 8.85. The number of Topliss-reactive ketones (excluding diaryl/α,β-unsaturated/α-hetero) is 1. The fourth-order valence-corrected chi connectivity index (χ4v) is 4.02. The Hall–Kier alpha value is -3.78. The quantitative estimate of drug-likeness (QED) is 0.382. The molecule has 1 amide bonds. The van der Waals surface area contributed by atoms with Crippen LogP contribution in [0.25, 0.3) is 11.0 Å². The number of halogens is 1. The lowest BCUT2D eigenvalue weighted by Gasteiger charge is -2.13. The van der Waals surface area contributed by atoms with Crippen molar-refractivity contribution in [2.75, 3.05) is 0 Å². The predicted octanol–water partition coefficient (Wildman–Crippen LogP) is 3.96. The van der Waals surface area contributed by atoms with Crippen LogP contribution in [-0.2, 0) is 24.4 Å². The molecule has 3 aromatic heterocycles. The summed E-state index contributed by atoms with van der Waals surface area (Å²) in [4.78, 5) is 43.5. The molecule has 4 rings (SSSR count). The largest absolute Gasteiger partial charge is 0.348 e. The number of pyridine rings is 2. The van der Waals surface area contributed by atoms with Gasteiger partial charge in [0.1, 0.15) is 11.2 Å². The maximum atomic E-state index is 13.3. The maximum Gasteiger partial charge on any atom is 0.265 e. The molecule has 4 aromatic rings. The normalized spacial score (nSPS) is 12.0. The molecule has 1 atom stereocenters. The number of amides is 1. The number of nitrogens with one attached hydrogen (secondary N) is 1. The van der Waals surface area contributed by atoms with E-state index in [2.05, 4.69) is 15.4 Å². The predicted molar refractivity (Wildman–Crippen MR) is 135 cm³/mol. The van der Waals surface area contributed by atoms with E-state index in [4.69, 9.17) is 11.6 Å². The lowest BCUT2D eigenvalue weighted by Crippen LogP contribution is -2.34. The molecule has 0 radical (unpaired) electrons. The van der Waals surface area contributed by atoms with E-state index >= 15 is 0 Å². The van der Waals surface area contributed by atoms with E-state index in [1.165, 1.54) is 10.6 Å². The van der Waals surface area contributed by atoms with Gasteiger partial charge >= 0.3 is 0 Å². The number of ketones is 1. The molecule has 0 aliphatic rings. The summed E-state index contributed by atoms with van der Waals surface area (Å²) in [7, 11) is 0. The van der Waals surface area contributed by atoms with Gasteiger partial charge in [-0.2, -0.15) is 5.10 Å². The molecule has 0 aliphatic heterocycles. The number of hydrogen-bond donors (Lipinski definition) is 1. The van der Waals surface area contributed by atoms with Crippen molar-refractivity contribution in [2.24, 2.45) is 0 Å². The number of aromatic nitrogens is 4. The molecule has 0 saturated heterocycles. The summed E-state index contributed by atoms with van der Waals surface area (Å²) in [6.45, 7) is 4.74. The number of rotatable bonds is 9. The smallest absolute Gasteiger partial charge is 0.265 e. The zero-order chi connectivity index (χ0) is 24.9. The molecule has 1 unspecified atom stereocenters. The first kappa shape index (κ1) is 24.3. The lowest BCUT2D eigenvalue weighted by molar-refractivity contribution is -0.119. The van der Waals surface area contributed by atoms with Gasteiger partial charge in [-0.1, -0.05) is 30.7 Å². The van der Waals surface area contributed by atoms with E-state index in [0.717, 1.165) is 17.8 Å². The van der Waals surface area contributed by atoms with Crippen molar-refractivity contribution in [3.63, 3.8) is 0 Å². The van der Waals surface area contributed by atoms with Gasteiger partial charge in [0, 0.05) is 48.2 Å². The summed E-state index contributed by atoms with van der Waals surface area (Å²) in [6, 6.07) is 14.0. The first-order valence-corrected chi connectivity index (χ1v) is 11.8. The van der Waals surface area contributed by atoms with E-state index in [0.29, 0.717) is 16.1 Å². The maximum absolute atomic E-state index is 13.3. The van der Waals surface area contributed by atoms with Crippen LogP contribution in [0.2, 0.25) is 5.02 Å². The molecule has 9 heteroatoms. The average molecular weight is 492 g/mol. The molecule has 0 bridgehead atoms. The average Bonchev–Trinajstić information content (AvgIpc) is 3.35. The number of carbonyl (C=O) groups excluding carboxylic acids is 2. The van der Waals surface area contributed by atoms with Crippen molar-refractivity contribution >= 4 is 34.3 Å². The van der Waals surface area contributed by atoms with Gasteiger partial charge in [-0.15, -0.1) is 0 Å². The van der Waals surface area contributed by atoms with E-state index < -0.39 is 11.5 Å². The van der Waals surface area contributed by atoms with Gasteiger partial charge in [0.2, 0.25) is 0 Å². The Bertz CT molecular complexity index is 1430. The Balaban J connectivity index is 1.56. The third kappa shape index (κ3) is 5.66. The second kappa shape index (κ2) is 10.7. The van der Waals surface area contributed by atoms with Crippen molar-refractivity contribution in [1.82, 2.24) is 24.6 Å². The monoisotopic (exact) mass is 491 g/mol. The molecule has 35 heavy (non-hydrogen) atoms. The third-order valence-electron chi connectivity index (χ3n) is 5.82. The molecule has 1 N–H and O–H groups in total. The van der Waals surface area contributed by atoms with Crippen LogP contribution >= 0.6 is 11.6 Å². The first-order valence-electron chi connectivity index (χ1n) is 11.4. The number of hydrogen-bond acceptors (Lipinski definition) is 5. The Kier molecular flexibility index (Phi) is 7.41. The molecular formula is C26H26ClN5O3. The van der Waals surface area contributed by atoms with Gasteiger partial charge in [0.25, 0.3) is 11.5 Å². The van der Waals surface area contributed by atoms with Crippen LogP contribution < -0.4 is 10.9 Å². The second-order valence-electron chi connectivity index (χ2n) is 8.41. The van der Waals surface area contributed by atoms with Crippen LogP contribution in [-0.4, -0.2) is 31.0 Å². The SMILES string of the molecule is CCn1ccc(C(C)CC(=O)Cn2c(=O)c(C(=O)NCc3ccc(Cl)cc3)cc3cccnc32)n1. The van der Waals surface area contributed by atoms with Crippen LogP contribution in [0.1, 0.15) is 47.8 Å². The molecule has 8 nitrogen and oxygen atoms in total. The number of carbonyl (C=O) groups is 2. The highest BCUT2D eigenvalue weighted by atomic mass is 35.5. The fourth-order valence-electron chi connectivity index (χ4n) is 3.90. The Morgan fingerprint density at radius 3 is 2.63 bits per heavy atom. The van der Waals surface area contributed by atoms with Crippen LogP contribution in [0, 0.1) is 0 Å². The van der Waals surface area contributed by atoms with E-state index in [9.17, 15) is 14.4 Å². The van der Waals surface area contributed by atoms with E-state index in [-0.39, 0.29) is 36.8 Å². The van der Waals surface area contributed by atoms with Crippen LogP contribution in [0.3, 0.4) is 0 Å². The topological polar surface area (TPSA) is 98.9 Å².